The van der Waals surface area contributed by atoms with Crippen molar-refractivity contribution in [2.75, 3.05) is 27.3 Å². The quantitative estimate of drug-likeness (QED) is 0.669. The summed E-state index contributed by atoms with van der Waals surface area (Å²) in [7, 11) is 4.98. The Bertz CT molecular complexity index is 982. The molecule has 1 aliphatic heterocycles. The van der Waals surface area contributed by atoms with E-state index in [9.17, 15) is 4.79 Å². The Balaban J connectivity index is 1.59. The summed E-state index contributed by atoms with van der Waals surface area (Å²) in [4.78, 5) is 16.6. The monoisotopic (exact) mass is 382 g/mol. The minimum atomic E-state index is -0.0576. The van der Waals surface area contributed by atoms with E-state index in [1.54, 1.807) is 49.2 Å². The van der Waals surface area contributed by atoms with Gasteiger partial charge in [-0.15, -0.1) is 0 Å². The van der Waals surface area contributed by atoms with Gasteiger partial charge in [0.1, 0.15) is 17.2 Å². The van der Waals surface area contributed by atoms with E-state index in [0.29, 0.717) is 36.0 Å². The van der Waals surface area contributed by atoms with Crippen LogP contribution in [0.15, 0.2) is 36.7 Å². The Hall–Kier alpha value is -3.36. The van der Waals surface area contributed by atoms with Gasteiger partial charge in [-0.25, -0.2) is 0 Å². The summed E-state index contributed by atoms with van der Waals surface area (Å²) in [5, 5.41) is 12.9. The highest BCUT2D eigenvalue weighted by Gasteiger charge is 2.30. The van der Waals surface area contributed by atoms with Crippen LogP contribution in [0.4, 0.5) is 0 Å². The van der Waals surface area contributed by atoms with Crippen LogP contribution in [0.25, 0.3) is 11.3 Å². The average Bonchev–Trinajstić information content (AvgIpc) is 3.46. The van der Waals surface area contributed by atoms with Crippen LogP contribution in [0.5, 0.6) is 11.5 Å². The molecule has 0 radical (unpaired) electrons. The van der Waals surface area contributed by atoms with Gasteiger partial charge in [-0.05, 0) is 30.7 Å². The molecule has 9 heteroatoms. The molecule has 1 saturated heterocycles. The number of carbonyl (C=O) groups excluding carboxylic acids is 1. The predicted molar refractivity (Wildman–Crippen MR) is 101 cm³/mol. The SMILES string of the molecule is COc1ccc(OC)c(-c2cc(C(=O)N3CCC(n4nccn4)C3)n(C)n2)c1. The first kappa shape index (κ1) is 18.0. The number of aromatic nitrogens is 5. The third-order valence-electron chi connectivity index (χ3n) is 5.00. The van der Waals surface area contributed by atoms with Crippen LogP contribution in [-0.4, -0.2) is 62.9 Å². The van der Waals surface area contributed by atoms with Gasteiger partial charge in [-0.1, -0.05) is 0 Å². The largest absolute Gasteiger partial charge is 0.497 e. The summed E-state index contributed by atoms with van der Waals surface area (Å²) >= 11 is 0. The van der Waals surface area contributed by atoms with Gasteiger partial charge < -0.3 is 14.4 Å². The lowest BCUT2D eigenvalue weighted by atomic mass is 10.1. The van der Waals surface area contributed by atoms with E-state index < -0.39 is 0 Å². The summed E-state index contributed by atoms with van der Waals surface area (Å²) in [6.07, 6.45) is 4.13. The van der Waals surface area contributed by atoms with Crippen molar-refractivity contribution in [2.24, 2.45) is 7.05 Å². The third kappa shape index (κ3) is 3.19. The van der Waals surface area contributed by atoms with E-state index >= 15 is 0 Å². The zero-order valence-electron chi connectivity index (χ0n) is 16.1. The van der Waals surface area contributed by atoms with Crippen molar-refractivity contribution in [3.05, 3.63) is 42.4 Å². The van der Waals surface area contributed by atoms with E-state index in [-0.39, 0.29) is 11.9 Å². The molecule has 4 rings (SSSR count). The highest BCUT2D eigenvalue weighted by Crippen LogP contribution is 2.33. The summed E-state index contributed by atoms with van der Waals surface area (Å²) < 4.78 is 12.4. The topological polar surface area (TPSA) is 87.3 Å². The van der Waals surface area contributed by atoms with E-state index in [4.69, 9.17) is 9.47 Å². The third-order valence-corrected chi connectivity index (χ3v) is 5.00. The Labute approximate surface area is 162 Å². The number of amides is 1. The van der Waals surface area contributed by atoms with Crippen molar-refractivity contribution in [2.45, 2.75) is 12.5 Å². The zero-order chi connectivity index (χ0) is 19.7. The molecule has 3 aromatic rings. The van der Waals surface area contributed by atoms with Gasteiger partial charge in [0, 0.05) is 25.7 Å². The highest BCUT2D eigenvalue weighted by molar-refractivity contribution is 5.94. The van der Waals surface area contributed by atoms with Gasteiger partial charge in [0.25, 0.3) is 5.91 Å². The fraction of sp³-hybridized carbons (Fsp3) is 0.368. The van der Waals surface area contributed by atoms with E-state index in [1.807, 2.05) is 23.1 Å². The maximum Gasteiger partial charge on any atom is 0.272 e. The highest BCUT2D eigenvalue weighted by atomic mass is 16.5. The Morgan fingerprint density at radius 3 is 2.64 bits per heavy atom. The summed E-state index contributed by atoms with van der Waals surface area (Å²) in [5.41, 5.74) is 1.96. The maximum absolute atomic E-state index is 13.1. The Kier molecular flexibility index (Phi) is 4.72. The van der Waals surface area contributed by atoms with Gasteiger partial charge in [-0.3, -0.25) is 9.48 Å². The van der Waals surface area contributed by atoms with E-state index in [0.717, 1.165) is 12.0 Å². The second kappa shape index (κ2) is 7.34. The zero-order valence-corrected chi connectivity index (χ0v) is 16.1. The number of benzene rings is 1. The van der Waals surface area contributed by atoms with Crippen LogP contribution in [0, 0.1) is 0 Å². The summed E-state index contributed by atoms with van der Waals surface area (Å²) in [6.45, 7) is 1.24. The molecule has 0 aliphatic carbocycles. The smallest absolute Gasteiger partial charge is 0.272 e. The standard InChI is InChI=1S/C19H22N6O3/c1-23-17(19(26)24-9-6-13(12-24)25-20-7-8-21-25)11-16(22-23)15-10-14(27-2)4-5-18(15)28-3/h4-5,7-8,10-11,13H,6,9,12H2,1-3H3. The lowest BCUT2D eigenvalue weighted by molar-refractivity contribution is 0.0775. The number of hydrogen-bond acceptors (Lipinski definition) is 6. The molecule has 9 nitrogen and oxygen atoms in total. The second-order valence-electron chi connectivity index (χ2n) is 6.65. The first-order chi connectivity index (χ1) is 13.6. The van der Waals surface area contributed by atoms with Crippen molar-refractivity contribution in [1.29, 1.82) is 0 Å². The fourth-order valence-corrected chi connectivity index (χ4v) is 3.50. The first-order valence-electron chi connectivity index (χ1n) is 9.02. The lowest BCUT2D eigenvalue weighted by Gasteiger charge is -2.16. The minimum absolute atomic E-state index is 0.0576. The van der Waals surface area contributed by atoms with Crippen LogP contribution in [0.1, 0.15) is 23.0 Å². The van der Waals surface area contributed by atoms with E-state index in [1.165, 1.54) is 0 Å². The van der Waals surface area contributed by atoms with Crippen molar-refractivity contribution in [1.82, 2.24) is 29.7 Å². The number of hydrogen-bond donors (Lipinski definition) is 0. The Morgan fingerprint density at radius 2 is 1.93 bits per heavy atom. The van der Waals surface area contributed by atoms with Gasteiger partial charge in [-0.2, -0.15) is 20.1 Å². The molecule has 3 heterocycles. The maximum atomic E-state index is 13.1. The molecular formula is C19H22N6O3. The number of aryl methyl sites for hydroxylation is 1. The number of methoxy groups -OCH3 is 2. The van der Waals surface area contributed by atoms with E-state index in [2.05, 4.69) is 15.3 Å². The van der Waals surface area contributed by atoms with Crippen molar-refractivity contribution in [3.63, 3.8) is 0 Å². The molecule has 146 valence electrons. The van der Waals surface area contributed by atoms with Gasteiger partial charge in [0.05, 0.1) is 38.3 Å². The molecule has 0 bridgehead atoms. The molecule has 1 fully saturated rings. The number of rotatable bonds is 5. The predicted octanol–water partition coefficient (Wildman–Crippen LogP) is 1.78. The van der Waals surface area contributed by atoms with Crippen LogP contribution in [-0.2, 0) is 7.05 Å². The number of likely N-dealkylation sites (tertiary alicyclic amines) is 1. The molecular weight excluding hydrogens is 360 g/mol. The van der Waals surface area contributed by atoms with Crippen molar-refractivity contribution in [3.8, 4) is 22.8 Å². The van der Waals surface area contributed by atoms with Crippen LogP contribution >= 0.6 is 0 Å². The van der Waals surface area contributed by atoms with Gasteiger partial charge in [0.15, 0.2) is 0 Å². The van der Waals surface area contributed by atoms with Crippen LogP contribution < -0.4 is 9.47 Å². The number of ether oxygens (including phenoxy) is 2. The summed E-state index contributed by atoms with van der Waals surface area (Å²) in [6, 6.07) is 7.39. The molecule has 28 heavy (non-hydrogen) atoms. The fourth-order valence-electron chi connectivity index (χ4n) is 3.50. The summed E-state index contributed by atoms with van der Waals surface area (Å²) in [5.74, 6) is 1.31. The molecule has 1 aromatic carbocycles. The number of carbonyl (C=O) groups is 1. The molecule has 0 N–H and O–H groups in total. The Morgan fingerprint density at radius 1 is 1.14 bits per heavy atom. The normalized spacial score (nSPS) is 16.4. The second-order valence-corrected chi connectivity index (χ2v) is 6.65. The lowest BCUT2D eigenvalue weighted by Crippen LogP contribution is -2.30. The van der Waals surface area contributed by atoms with Crippen molar-refractivity contribution >= 4 is 5.91 Å². The van der Waals surface area contributed by atoms with Gasteiger partial charge in [0.2, 0.25) is 0 Å². The molecule has 1 amide bonds. The molecule has 1 aliphatic rings. The molecule has 1 unspecified atom stereocenters. The molecule has 0 saturated carbocycles. The number of nitrogens with zero attached hydrogens (tertiary/aromatic N) is 6. The molecule has 0 spiro atoms. The van der Waals surface area contributed by atoms with Crippen LogP contribution in [0.2, 0.25) is 0 Å². The van der Waals surface area contributed by atoms with Crippen molar-refractivity contribution < 1.29 is 14.3 Å². The van der Waals surface area contributed by atoms with Gasteiger partial charge >= 0.3 is 0 Å². The first-order valence-corrected chi connectivity index (χ1v) is 9.02. The average molecular weight is 382 g/mol. The minimum Gasteiger partial charge on any atom is -0.497 e. The molecule has 2 aromatic heterocycles. The van der Waals surface area contributed by atoms with Crippen LogP contribution in [0.3, 0.4) is 0 Å². The molecule has 1 atom stereocenters.